The van der Waals surface area contributed by atoms with Crippen LogP contribution >= 0.6 is 11.3 Å². The van der Waals surface area contributed by atoms with Gasteiger partial charge in [-0.1, -0.05) is 10.4 Å². The SMILES string of the molecule is COCCn1nnc2c1CC(c1nc(-c3ccsc3)no1)CC2. The van der Waals surface area contributed by atoms with Gasteiger partial charge in [-0.15, -0.1) is 5.10 Å². The lowest BCUT2D eigenvalue weighted by Crippen LogP contribution is -2.18. The van der Waals surface area contributed by atoms with E-state index in [1.54, 1.807) is 18.4 Å². The molecule has 1 aliphatic rings. The fraction of sp³-hybridized carbons (Fsp3) is 0.467. The number of nitrogens with zero attached hydrogens (tertiary/aromatic N) is 5. The van der Waals surface area contributed by atoms with E-state index in [9.17, 15) is 0 Å². The Morgan fingerprint density at radius 1 is 1.48 bits per heavy atom. The van der Waals surface area contributed by atoms with Gasteiger partial charge >= 0.3 is 0 Å². The molecule has 0 fully saturated rings. The van der Waals surface area contributed by atoms with Crippen LogP contribution in [0.2, 0.25) is 0 Å². The number of fused-ring (bicyclic) bond motifs is 1. The van der Waals surface area contributed by atoms with Crippen LogP contribution in [-0.4, -0.2) is 38.9 Å². The minimum atomic E-state index is 0.224. The molecule has 0 spiro atoms. The van der Waals surface area contributed by atoms with Crippen molar-refractivity contribution in [1.82, 2.24) is 25.1 Å². The zero-order valence-electron chi connectivity index (χ0n) is 12.8. The van der Waals surface area contributed by atoms with Gasteiger partial charge in [0.25, 0.3) is 0 Å². The molecule has 1 aliphatic carbocycles. The van der Waals surface area contributed by atoms with E-state index in [0.29, 0.717) is 18.3 Å². The molecule has 23 heavy (non-hydrogen) atoms. The molecule has 1 atom stereocenters. The molecule has 0 aromatic carbocycles. The zero-order valence-corrected chi connectivity index (χ0v) is 13.6. The summed E-state index contributed by atoms with van der Waals surface area (Å²) >= 11 is 1.63. The summed E-state index contributed by atoms with van der Waals surface area (Å²) in [6, 6.07) is 2.00. The number of methoxy groups -OCH3 is 1. The average Bonchev–Trinajstić information content (AvgIpc) is 3.31. The molecule has 0 saturated heterocycles. The van der Waals surface area contributed by atoms with Crippen molar-refractivity contribution in [2.24, 2.45) is 0 Å². The molecule has 3 aromatic heterocycles. The molecular weight excluding hydrogens is 314 g/mol. The Bertz CT molecular complexity index is 780. The third kappa shape index (κ3) is 2.79. The largest absolute Gasteiger partial charge is 0.383 e. The molecule has 8 heteroatoms. The van der Waals surface area contributed by atoms with Gasteiger partial charge in [-0.2, -0.15) is 16.3 Å². The van der Waals surface area contributed by atoms with Gasteiger partial charge in [0.05, 0.1) is 24.5 Å². The molecule has 7 nitrogen and oxygen atoms in total. The number of ether oxygens (including phenoxy) is 1. The van der Waals surface area contributed by atoms with Gasteiger partial charge in [0.1, 0.15) is 0 Å². The number of hydrogen-bond donors (Lipinski definition) is 0. The van der Waals surface area contributed by atoms with Crippen molar-refractivity contribution in [3.63, 3.8) is 0 Å². The summed E-state index contributed by atoms with van der Waals surface area (Å²) in [5.41, 5.74) is 3.25. The van der Waals surface area contributed by atoms with E-state index in [1.807, 2.05) is 21.5 Å². The van der Waals surface area contributed by atoms with Gasteiger partial charge < -0.3 is 9.26 Å². The molecule has 1 unspecified atom stereocenters. The van der Waals surface area contributed by atoms with E-state index >= 15 is 0 Å². The Balaban J connectivity index is 1.54. The number of aryl methyl sites for hydroxylation is 1. The molecule has 3 aromatic rings. The first kappa shape index (κ1) is 14.5. The van der Waals surface area contributed by atoms with Crippen LogP contribution in [0, 0.1) is 0 Å². The molecule has 0 N–H and O–H groups in total. The first-order valence-corrected chi connectivity index (χ1v) is 8.56. The third-order valence-corrected chi connectivity index (χ3v) is 4.85. The Hall–Kier alpha value is -2.06. The Kier molecular flexibility index (Phi) is 3.92. The number of thiophene rings is 1. The van der Waals surface area contributed by atoms with Gasteiger partial charge in [0.2, 0.25) is 11.7 Å². The summed E-state index contributed by atoms with van der Waals surface area (Å²) in [5, 5.41) is 16.7. The summed E-state index contributed by atoms with van der Waals surface area (Å²) in [6.07, 6.45) is 2.68. The van der Waals surface area contributed by atoms with Gasteiger partial charge in [-0.05, 0) is 24.3 Å². The highest BCUT2D eigenvalue weighted by molar-refractivity contribution is 7.08. The van der Waals surface area contributed by atoms with Crippen LogP contribution in [0.15, 0.2) is 21.3 Å². The second-order valence-electron chi connectivity index (χ2n) is 5.61. The molecule has 0 bridgehead atoms. The summed E-state index contributed by atoms with van der Waals surface area (Å²) in [4.78, 5) is 4.58. The maximum Gasteiger partial charge on any atom is 0.230 e. The van der Waals surface area contributed by atoms with Gasteiger partial charge in [-0.3, -0.25) is 0 Å². The second kappa shape index (κ2) is 6.21. The summed E-state index contributed by atoms with van der Waals surface area (Å²) in [5.74, 6) is 1.59. The van der Waals surface area contributed by atoms with Crippen LogP contribution in [-0.2, 0) is 24.1 Å². The second-order valence-corrected chi connectivity index (χ2v) is 6.39. The lowest BCUT2D eigenvalue weighted by molar-refractivity contribution is 0.181. The molecule has 4 rings (SSSR count). The minimum Gasteiger partial charge on any atom is -0.383 e. The lowest BCUT2D eigenvalue weighted by atomic mass is 9.89. The average molecular weight is 331 g/mol. The molecular formula is C15H17N5O2S. The van der Waals surface area contributed by atoms with Gasteiger partial charge in [-0.25, -0.2) is 4.68 Å². The lowest BCUT2D eigenvalue weighted by Gasteiger charge is -2.18. The van der Waals surface area contributed by atoms with Crippen LogP contribution < -0.4 is 0 Å². The van der Waals surface area contributed by atoms with Crippen molar-refractivity contribution in [3.05, 3.63) is 34.1 Å². The number of aromatic nitrogens is 5. The fourth-order valence-corrected chi connectivity index (χ4v) is 3.55. The maximum absolute atomic E-state index is 5.51. The van der Waals surface area contributed by atoms with E-state index < -0.39 is 0 Å². The van der Waals surface area contributed by atoms with E-state index in [0.717, 1.165) is 42.8 Å². The summed E-state index contributed by atoms with van der Waals surface area (Å²) in [6.45, 7) is 1.35. The topological polar surface area (TPSA) is 78.9 Å². The van der Waals surface area contributed by atoms with Crippen molar-refractivity contribution in [2.45, 2.75) is 31.7 Å². The molecule has 0 radical (unpaired) electrons. The quantitative estimate of drug-likeness (QED) is 0.714. The van der Waals surface area contributed by atoms with E-state index in [1.165, 1.54) is 0 Å². The van der Waals surface area contributed by atoms with Crippen LogP contribution in [0.4, 0.5) is 0 Å². The predicted octanol–water partition coefficient (Wildman–Crippen LogP) is 2.31. The van der Waals surface area contributed by atoms with Crippen molar-refractivity contribution in [3.8, 4) is 11.4 Å². The van der Waals surface area contributed by atoms with Crippen molar-refractivity contribution >= 4 is 11.3 Å². The summed E-state index contributed by atoms with van der Waals surface area (Å²) in [7, 11) is 1.69. The zero-order chi connectivity index (χ0) is 15.6. The first-order chi connectivity index (χ1) is 11.3. The van der Waals surface area contributed by atoms with Crippen molar-refractivity contribution in [2.75, 3.05) is 13.7 Å². The molecule has 0 amide bonds. The predicted molar refractivity (Wildman–Crippen MR) is 84.3 cm³/mol. The fourth-order valence-electron chi connectivity index (χ4n) is 2.91. The van der Waals surface area contributed by atoms with Crippen LogP contribution in [0.5, 0.6) is 0 Å². The Labute approximate surface area is 137 Å². The molecule has 120 valence electrons. The number of rotatable bonds is 5. The highest BCUT2D eigenvalue weighted by Gasteiger charge is 2.29. The van der Waals surface area contributed by atoms with Gasteiger partial charge in [0.15, 0.2) is 0 Å². The smallest absolute Gasteiger partial charge is 0.230 e. The van der Waals surface area contributed by atoms with E-state index in [4.69, 9.17) is 9.26 Å². The maximum atomic E-state index is 5.51. The van der Waals surface area contributed by atoms with E-state index in [-0.39, 0.29) is 5.92 Å². The first-order valence-electron chi connectivity index (χ1n) is 7.61. The molecule has 3 heterocycles. The normalized spacial score (nSPS) is 17.3. The van der Waals surface area contributed by atoms with E-state index in [2.05, 4.69) is 20.5 Å². The van der Waals surface area contributed by atoms with Crippen LogP contribution in [0.1, 0.15) is 29.6 Å². The van der Waals surface area contributed by atoms with Crippen molar-refractivity contribution < 1.29 is 9.26 Å². The van der Waals surface area contributed by atoms with Gasteiger partial charge in [0, 0.05) is 30.4 Å². The van der Waals surface area contributed by atoms with Crippen LogP contribution in [0.25, 0.3) is 11.4 Å². The third-order valence-electron chi connectivity index (χ3n) is 4.17. The Morgan fingerprint density at radius 3 is 3.26 bits per heavy atom. The summed E-state index contributed by atoms with van der Waals surface area (Å²) < 4.78 is 12.6. The molecule has 0 saturated carbocycles. The highest BCUT2D eigenvalue weighted by Crippen LogP contribution is 2.32. The van der Waals surface area contributed by atoms with Crippen molar-refractivity contribution in [1.29, 1.82) is 0 Å². The minimum absolute atomic E-state index is 0.224. The molecule has 0 aliphatic heterocycles. The monoisotopic (exact) mass is 331 g/mol. The highest BCUT2D eigenvalue weighted by atomic mass is 32.1. The van der Waals surface area contributed by atoms with Crippen LogP contribution in [0.3, 0.4) is 0 Å². The Morgan fingerprint density at radius 2 is 2.43 bits per heavy atom. The standard InChI is InChI=1S/C15H17N5O2S/c1-21-6-5-20-13-8-10(2-3-12(13)17-19-20)15-16-14(18-22-15)11-4-7-23-9-11/h4,7,9-10H,2-3,5-6,8H2,1H3. The number of hydrogen-bond acceptors (Lipinski definition) is 7.